The van der Waals surface area contributed by atoms with Gasteiger partial charge in [-0.15, -0.1) is 0 Å². The summed E-state index contributed by atoms with van der Waals surface area (Å²) in [6.45, 7) is 6.20. The van der Waals surface area contributed by atoms with Gasteiger partial charge in [-0.05, 0) is 89.9 Å². The second kappa shape index (κ2) is 47.2. The Morgan fingerprint density at radius 3 is 1.23 bits per heavy atom. The molecule has 6 heteroatoms. The Labute approximate surface area is 366 Å². The van der Waals surface area contributed by atoms with Crippen LogP contribution in [0.25, 0.3) is 0 Å². The Morgan fingerprint density at radius 1 is 0.367 bits per heavy atom. The van der Waals surface area contributed by atoms with E-state index in [0.717, 1.165) is 116 Å². The number of unbranched alkanes of at least 4 members (excludes halogenated alkanes) is 12. The number of rotatable bonds is 39. The van der Waals surface area contributed by atoms with E-state index in [1.165, 1.54) is 12.8 Å². The number of esters is 3. The Morgan fingerprint density at radius 2 is 0.733 bits per heavy atom. The monoisotopic (exact) mass is 827 g/mol. The quantitative estimate of drug-likeness (QED) is 0.0202. The van der Waals surface area contributed by atoms with Crippen molar-refractivity contribution in [2.45, 2.75) is 175 Å². The molecule has 6 nitrogen and oxygen atoms in total. The normalized spacial score (nSPS) is 13.3. The van der Waals surface area contributed by atoms with Gasteiger partial charge in [0.2, 0.25) is 0 Å². The predicted octanol–water partition coefficient (Wildman–Crippen LogP) is 15.1. The average molecular weight is 827 g/mol. The summed E-state index contributed by atoms with van der Waals surface area (Å²) in [5.41, 5.74) is 0. The summed E-state index contributed by atoms with van der Waals surface area (Å²) in [5, 5.41) is 0. The fourth-order valence-electron chi connectivity index (χ4n) is 5.58. The lowest BCUT2D eigenvalue weighted by Gasteiger charge is -2.18. The molecule has 0 saturated heterocycles. The van der Waals surface area contributed by atoms with Gasteiger partial charge in [-0.3, -0.25) is 14.4 Å². The molecule has 0 amide bonds. The van der Waals surface area contributed by atoms with Crippen LogP contribution in [0.5, 0.6) is 0 Å². The summed E-state index contributed by atoms with van der Waals surface area (Å²) in [5.74, 6) is -1.03. The summed E-state index contributed by atoms with van der Waals surface area (Å²) in [4.78, 5) is 37.8. The van der Waals surface area contributed by atoms with Crippen LogP contribution in [0.2, 0.25) is 0 Å². The van der Waals surface area contributed by atoms with Crippen LogP contribution >= 0.6 is 0 Å². The van der Waals surface area contributed by atoms with Crippen molar-refractivity contribution < 1.29 is 28.6 Å². The number of carbonyl (C=O) groups excluding carboxylic acids is 3. The SMILES string of the molecule is CC\C=C/C=C\C=C/C=C\C=C\C=C/CCCCCC(=O)OCC(COC(=O)CCCCC/C=C\C=C/CCCC)OC(=O)CCCCCC/C=C\C/C=C\C/C=C\CC. The molecule has 0 aromatic carbocycles. The topological polar surface area (TPSA) is 78.9 Å². The van der Waals surface area contributed by atoms with E-state index in [9.17, 15) is 14.4 Å². The molecule has 0 aliphatic heterocycles. The van der Waals surface area contributed by atoms with E-state index in [1.54, 1.807) is 0 Å². The van der Waals surface area contributed by atoms with E-state index in [0.29, 0.717) is 12.8 Å². The van der Waals surface area contributed by atoms with Crippen molar-refractivity contribution in [1.82, 2.24) is 0 Å². The molecule has 0 bridgehead atoms. The Kier molecular flexibility index (Phi) is 43.7. The molecule has 0 spiro atoms. The van der Waals surface area contributed by atoms with Crippen LogP contribution in [0, 0.1) is 0 Å². The largest absolute Gasteiger partial charge is 0.462 e. The third-order valence-corrected chi connectivity index (χ3v) is 9.06. The minimum atomic E-state index is -0.823. The Balaban J connectivity index is 4.58. The van der Waals surface area contributed by atoms with Crippen molar-refractivity contribution in [3.8, 4) is 0 Å². The van der Waals surface area contributed by atoms with Crippen LogP contribution in [-0.4, -0.2) is 37.2 Å². The molecule has 1 unspecified atom stereocenters. The molecule has 1 atom stereocenters. The molecule has 334 valence electrons. The highest BCUT2D eigenvalue weighted by molar-refractivity contribution is 5.71. The van der Waals surface area contributed by atoms with Crippen molar-refractivity contribution in [2.24, 2.45) is 0 Å². The van der Waals surface area contributed by atoms with Gasteiger partial charge in [-0.2, -0.15) is 0 Å². The lowest BCUT2D eigenvalue weighted by Crippen LogP contribution is -2.30. The zero-order chi connectivity index (χ0) is 43.7. The number of carbonyl (C=O) groups is 3. The lowest BCUT2D eigenvalue weighted by atomic mass is 10.1. The highest BCUT2D eigenvalue weighted by Crippen LogP contribution is 2.11. The molecule has 0 fully saturated rings. The second-order valence-corrected chi connectivity index (χ2v) is 14.7. The number of hydrogen-bond acceptors (Lipinski definition) is 6. The van der Waals surface area contributed by atoms with Gasteiger partial charge in [0.25, 0.3) is 0 Å². The van der Waals surface area contributed by atoms with Crippen molar-refractivity contribution in [3.63, 3.8) is 0 Å². The summed E-state index contributed by atoms with van der Waals surface area (Å²) in [7, 11) is 0. The first kappa shape index (κ1) is 55.5. The van der Waals surface area contributed by atoms with Gasteiger partial charge >= 0.3 is 17.9 Å². The first-order chi connectivity index (χ1) is 29.5. The van der Waals surface area contributed by atoms with Gasteiger partial charge < -0.3 is 14.2 Å². The van der Waals surface area contributed by atoms with E-state index >= 15 is 0 Å². The first-order valence-corrected chi connectivity index (χ1v) is 23.3. The van der Waals surface area contributed by atoms with Crippen molar-refractivity contribution in [3.05, 3.63) is 134 Å². The van der Waals surface area contributed by atoms with E-state index in [1.807, 2.05) is 60.8 Å². The summed E-state index contributed by atoms with van der Waals surface area (Å²) >= 11 is 0. The number of hydrogen-bond donors (Lipinski definition) is 0. The Hall–Kier alpha value is -4.45. The zero-order valence-electron chi connectivity index (χ0n) is 37.9. The molecule has 60 heavy (non-hydrogen) atoms. The molecule has 0 aliphatic carbocycles. The van der Waals surface area contributed by atoms with Crippen LogP contribution in [-0.2, 0) is 28.6 Å². The maximum absolute atomic E-state index is 12.7. The van der Waals surface area contributed by atoms with E-state index < -0.39 is 6.10 Å². The van der Waals surface area contributed by atoms with Gasteiger partial charge in [0.05, 0.1) is 0 Å². The highest BCUT2D eigenvalue weighted by atomic mass is 16.6. The minimum Gasteiger partial charge on any atom is -0.462 e. The van der Waals surface area contributed by atoms with E-state index in [-0.39, 0.29) is 37.5 Å². The summed E-state index contributed by atoms with van der Waals surface area (Å²) < 4.78 is 16.6. The van der Waals surface area contributed by atoms with Crippen LogP contribution in [0.3, 0.4) is 0 Å². The molecular weight excluding hydrogens is 745 g/mol. The molecule has 0 aromatic heterocycles. The molecule has 0 aromatic rings. The lowest BCUT2D eigenvalue weighted by molar-refractivity contribution is -0.167. The predicted molar refractivity (Wildman–Crippen MR) is 256 cm³/mol. The van der Waals surface area contributed by atoms with Gasteiger partial charge in [0, 0.05) is 19.3 Å². The fourth-order valence-corrected chi connectivity index (χ4v) is 5.58. The highest BCUT2D eigenvalue weighted by Gasteiger charge is 2.19. The molecule has 0 heterocycles. The summed E-state index contributed by atoms with van der Waals surface area (Å²) in [6.07, 6.45) is 65.7. The van der Waals surface area contributed by atoms with Crippen LogP contribution in [0.1, 0.15) is 168 Å². The maximum Gasteiger partial charge on any atom is 0.306 e. The minimum absolute atomic E-state index is 0.122. The number of ether oxygens (including phenoxy) is 3. The standard InChI is InChI=1S/C54H82O6/c1-4-7-10-13-16-19-22-24-26-27-28-30-32-35-38-41-44-47-53(56)59-50-51(49-58-52(55)46-43-40-37-34-31-21-18-15-12-9-6-3)60-54(57)48-45-42-39-36-33-29-25-23-20-17-14-11-8-5-2/h7-8,10-11,13,15-22,24-32,51H,4-6,9,12,14,23,33-50H2,1-3H3/b10-7-,11-8-,16-13-,18-15-,20-17-,22-19-,26-24-,28-27+,29-25-,31-21-,32-30-. The molecule has 0 aliphatic rings. The molecular formula is C54H82O6. The number of allylic oxidation sites excluding steroid dienone is 22. The third-order valence-electron chi connectivity index (χ3n) is 9.06. The maximum atomic E-state index is 12.7. The van der Waals surface area contributed by atoms with Crippen molar-refractivity contribution in [1.29, 1.82) is 0 Å². The van der Waals surface area contributed by atoms with Crippen LogP contribution < -0.4 is 0 Å². The Bertz CT molecular complexity index is 1370. The van der Waals surface area contributed by atoms with Gasteiger partial charge in [0.1, 0.15) is 13.2 Å². The molecule has 0 saturated carbocycles. The molecule has 0 rings (SSSR count). The van der Waals surface area contributed by atoms with Gasteiger partial charge in [-0.1, -0.05) is 193 Å². The van der Waals surface area contributed by atoms with E-state index in [4.69, 9.17) is 14.2 Å². The third kappa shape index (κ3) is 44.6. The van der Waals surface area contributed by atoms with E-state index in [2.05, 4.69) is 93.7 Å². The van der Waals surface area contributed by atoms with Crippen molar-refractivity contribution in [2.75, 3.05) is 13.2 Å². The zero-order valence-corrected chi connectivity index (χ0v) is 37.9. The molecule has 0 radical (unpaired) electrons. The second-order valence-electron chi connectivity index (χ2n) is 14.7. The van der Waals surface area contributed by atoms with Crippen LogP contribution in [0.15, 0.2) is 134 Å². The fraction of sp³-hybridized carbons (Fsp3) is 0.537. The molecule has 0 N–H and O–H groups in total. The summed E-state index contributed by atoms with van der Waals surface area (Å²) in [6, 6.07) is 0. The van der Waals surface area contributed by atoms with Crippen LogP contribution in [0.4, 0.5) is 0 Å². The smallest absolute Gasteiger partial charge is 0.306 e. The first-order valence-electron chi connectivity index (χ1n) is 23.3. The van der Waals surface area contributed by atoms with Gasteiger partial charge in [-0.25, -0.2) is 0 Å². The van der Waals surface area contributed by atoms with Gasteiger partial charge in [0.15, 0.2) is 6.10 Å². The average Bonchev–Trinajstić information content (AvgIpc) is 3.24. The van der Waals surface area contributed by atoms with Crippen molar-refractivity contribution >= 4 is 17.9 Å².